The van der Waals surface area contributed by atoms with Crippen molar-refractivity contribution < 1.29 is 13.2 Å². The minimum atomic E-state index is -3.35. The first kappa shape index (κ1) is 20.9. The van der Waals surface area contributed by atoms with Crippen LogP contribution in [0.1, 0.15) is 22.8 Å². The number of nitrogens with one attached hydrogen (secondary N) is 1. The molecule has 30 heavy (non-hydrogen) atoms. The van der Waals surface area contributed by atoms with Gasteiger partial charge in [-0.15, -0.1) is 23.1 Å². The van der Waals surface area contributed by atoms with E-state index in [1.165, 1.54) is 26.8 Å². The van der Waals surface area contributed by atoms with Crippen molar-refractivity contribution in [3.05, 3.63) is 59.0 Å². The number of hydrogen-bond acceptors (Lipinski definition) is 6. The molecule has 0 aliphatic carbocycles. The maximum atomic E-state index is 12.7. The Bertz CT molecular complexity index is 1200. The number of benzene rings is 2. The van der Waals surface area contributed by atoms with Crippen LogP contribution in [0.4, 0.5) is 10.8 Å². The Kier molecular flexibility index (Phi) is 5.61. The molecule has 3 aromatic rings. The maximum Gasteiger partial charge on any atom is 0.257 e. The van der Waals surface area contributed by atoms with Crippen LogP contribution in [0.2, 0.25) is 0 Å². The fourth-order valence-corrected chi connectivity index (χ4v) is 6.03. The summed E-state index contributed by atoms with van der Waals surface area (Å²) in [5, 5.41) is 5.29. The van der Waals surface area contributed by atoms with E-state index >= 15 is 0 Å². The Labute approximate surface area is 184 Å². The zero-order valence-electron chi connectivity index (χ0n) is 16.7. The fraction of sp³-hybridized carbons (Fsp3) is 0.238. The fourth-order valence-electron chi connectivity index (χ4n) is 3.64. The molecule has 6 nitrogen and oxygen atoms in total. The molecule has 0 spiro atoms. The lowest BCUT2D eigenvalue weighted by Crippen LogP contribution is -2.34. The van der Waals surface area contributed by atoms with Crippen molar-refractivity contribution in [2.75, 3.05) is 22.1 Å². The van der Waals surface area contributed by atoms with Gasteiger partial charge in [0.15, 0.2) is 5.13 Å². The van der Waals surface area contributed by atoms with Crippen LogP contribution in [0.25, 0.3) is 11.3 Å². The van der Waals surface area contributed by atoms with Gasteiger partial charge in [0.1, 0.15) is 0 Å². The molecule has 2 heterocycles. The summed E-state index contributed by atoms with van der Waals surface area (Å²) in [6, 6.07) is 13.1. The van der Waals surface area contributed by atoms with Crippen molar-refractivity contribution >= 4 is 49.8 Å². The molecule has 1 amide bonds. The topological polar surface area (TPSA) is 79.4 Å². The van der Waals surface area contributed by atoms with Gasteiger partial charge < -0.3 is 0 Å². The summed E-state index contributed by atoms with van der Waals surface area (Å²) in [7, 11) is -3.35. The molecule has 156 valence electrons. The van der Waals surface area contributed by atoms with Crippen molar-refractivity contribution in [2.24, 2.45) is 0 Å². The standard InChI is InChI=1S/C21H21N3O3S3/c1-13-10-16-11-15(6-9-19(16)24(13)30(3,26)27)20(25)23-21-22-18(12-29-21)14-4-7-17(28-2)8-5-14/h4-9,11-13H,10H2,1-3H3,(H,22,23,25)/t13-/m1/s1. The lowest BCUT2D eigenvalue weighted by molar-refractivity contribution is 0.102. The number of hydrogen-bond donors (Lipinski definition) is 1. The molecule has 1 aromatic heterocycles. The van der Waals surface area contributed by atoms with Gasteiger partial charge in [0.2, 0.25) is 10.0 Å². The van der Waals surface area contributed by atoms with Crippen molar-refractivity contribution in [2.45, 2.75) is 24.3 Å². The molecule has 1 N–H and O–H groups in total. The van der Waals surface area contributed by atoms with Crippen LogP contribution in [-0.2, 0) is 16.4 Å². The van der Waals surface area contributed by atoms with Gasteiger partial charge in [-0.05, 0) is 55.5 Å². The first-order valence-electron chi connectivity index (χ1n) is 9.30. The Morgan fingerprint density at radius 2 is 1.97 bits per heavy atom. The van der Waals surface area contributed by atoms with Gasteiger partial charge in [0, 0.05) is 27.4 Å². The molecule has 0 saturated heterocycles. The summed E-state index contributed by atoms with van der Waals surface area (Å²) in [5.41, 5.74) is 3.80. The summed E-state index contributed by atoms with van der Waals surface area (Å²) in [5.74, 6) is -0.262. The number of thiazole rings is 1. The highest BCUT2D eigenvalue weighted by Crippen LogP contribution is 2.35. The molecule has 2 aromatic carbocycles. The predicted molar refractivity (Wildman–Crippen MR) is 124 cm³/mol. The molecule has 0 bridgehead atoms. The highest BCUT2D eigenvalue weighted by molar-refractivity contribution is 7.98. The second-order valence-electron chi connectivity index (χ2n) is 7.18. The lowest BCUT2D eigenvalue weighted by Gasteiger charge is -2.21. The molecule has 4 rings (SSSR count). The quantitative estimate of drug-likeness (QED) is 0.569. The summed E-state index contributed by atoms with van der Waals surface area (Å²) < 4.78 is 25.5. The van der Waals surface area contributed by atoms with E-state index in [1.54, 1.807) is 30.0 Å². The Hall–Kier alpha value is -2.36. The third-order valence-electron chi connectivity index (χ3n) is 4.96. The van der Waals surface area contributed by atoms with Crippen molar-refractivity contribution in [1.82, 2.24) is 4.98 Å². The highest BCUT2D eigenvalue weighted by Gasteiger charge is 2.32. The largest absolute Gasteiger partial charge is 0.298 e. The second kappa shape index (κ2) is 8.05. The second-order valence-corrected chi connectivity index (χ2v) is 10.8. The van der Waals surface area contributed by atoms with Crippen molar-refractivity contribution in [3.8, 4) is 11.3 Å². The summed E-state index contributed by atoms with van der Waals surface area (Å²) in [4.78, 5) is 18.4. The van der Waals surface area contributed by atoms with Gasteiger partial charge in [-0.25, -0.2) is 13.4 Å². The molecule has 0 unspecified atom stereocenters. The summed E-state index contributed by atoms with van der Waals surface area (Å²) >= 11 is 3.05. The van der Waals surface area contributed by atoms with Gasteiger partial charge in [0.25, 0.3) is 5.91 Å². The Morgan fingerprint density at radius 3 is 2.63 bits per heavy atom. The van der Waals surface area contributed by atoms with E-state index < -0.39 is 10.0 Å². The highest BCUT2D eigenvalue weighted by atomic mass is 32.2. The van der Waals surface area contributed by atoms with Crippen LogP contribution in [0, 0.1) is 0 Å². The van der Waals surface area contributed by atoms with Crippen LogP contribution in [0.15, 0.2) is 52.7 Å². The monoisotopic (exact) mass is 459 g/mol. The van der Waals surface area contributed by atoms with Gasteiger partial charge in [-0.1, -0.05) is 12.1 Å². The van der Waals surface area contributed by atoms with Crippen LogP contribution in [0.5, 0.6) is 0 Å². The number of fused-ring (bicyclic) bond motifs is 1. The molecule has 0 radical (unpaired) electrons. The van der Waals surface area contributed by atoms with Crippen LogP contribution < -0.4 is 9.62 Å². The van der Waals surface area contributed by atoms with E-state index in [-0.39, 0.29) is 11.9 Å². The minimum absolute atomic E-state index is 0.160. The average Bonchev–Trinajstić information content (AvgIpc) is 3.30. The van der Waals surface area contributed by atoms with Crippen LogP contribution >= 0.6 is 23.1 Å². The van der Waals surface area contributed by atoms with Crippen molar-refractivity contribution in [3.63, 3.8) is 0 Å². The molecule has 1 aliphatic rings. The number of anilines is 2. The number of carbonyl (C=O) groups excluding carboxylic acids is 1. The van der Waals surface area contributed by atoms with E-state index in [4.69, 9.17) is 0 Å². The van der Waals surface area contributed by atoms with E-state index in [2.05, 4.69) is 10.3 Å². The molecule has 1 aliphatic heterocycles. The third kappa shape index (κ3) is 4.10. The van der Waals surface area contributed by atoms with Crippen LogP contribution in [-0.4, -0.2) is 37.9 Å². The van der Waals surface area contributed by atoms with Gasteiger partial charge >= 0.3 is 0 Å². The average molecular weight is 460 g/mol. The van der Waals surface area contributed by atoms with Crippen molar-refractivity contribution in [1.29, 1.82) is 0 Å². The van der Waals surface area contributed by atoms with Gasteiger partial charge in [0.05, 0.1) is 17.6 Å². The molecule has 1 atom stereocenters. The van der Waals surface area contributed by atoms with E-state index in [0.717, 1.165) is 16.8 Å². The lowest BCUT2D eigenvalue weighted by atomic mass is 10.1. The smallest absolute Gasteiger partial charge is 0.257 e. The molecule has 9 heteroatoms. The number of sulfonamides is 1. The van der Waals surface area contributed by atoms with Gasteiger partial charge in [-0.3, -0.25) is 14.4 Å². The molecular formula is C21H21N3O3S3. The first-order chi connectivity index (χ1) is 14.3. The summed E-state index contributed by atoms with van der Waals surface area (Å²) in [6.07, 6.45) is 3.81. The Balaban J connectivity index is 1.51. The first-order valence-corrected chi connectivity index (χ1v) is 13.2. The SMILES string of the molecule is CSc1ccc(-c2csc(NC(=O)c3ccc4c(c3)C[C@@H](C)N4S(C)(=O)=O)n2)cc1. The number of aromatic nitrogens is 1. The maximum absolute atomic E-state index is 12.7. The third-order valence-corrected chi connectivity index (χ3v) is 7.73. The zero-order valence-corrected chi connectivity index (χ0v) is 19.2. The van der Waals surface area contributed by atoms with E-state index in [9.17, 15) is 13.2 Å². The van der Waals surface area contributed by atoms with Gasteiger partial charge in [-0.2, -0.15) is 0 Å². The van der Waals surface area contributed by atoms with E-state index in [1.807, 2.05) is 42.8 Å². The normalized spacial score (nSPS) is 15.8. The van der Waals surface area contributed by atoms with Crippen LogP contribution in [0.3, 0.4) is 0 Å². The molecule has 0 fully saturated rings. The number of thioether (sulfide) groups is 1. The minimum Gasteiger partial charge on any atom is -0.298 e. The number of carbonyl (C=O) groups is 1. The van der Waals surface area contributed by atoms with E-state index in [0.29, 0.717) is 22.8 Å². The number of amides is 1. The molecule has 0 saturated carbocycles. The predicted octanol–water partition coefficient (Wildman–Crippen LogP) is 4.49. The zero-order chi connectivity index (χ0) is 21.5. The summed E-state index contributed by atoms with van der Waals surface area (Å²) in [6.45, 7) is 1.86. The molecular weight excluding hydrogens is 438 g/mol. The number of nitrogens with zero attached hydrogens (tertiary/aromatic N) is 2. The Morgan fingerprint density at radius 1 is 1.23 bits per heavy atom. The number of rotatable bonds is 5.